The van der Waals surface area contributed by atoms with E-state index in [1.54, 1.807) is 0 Å². The molecule has 0 amide bonds. The lowest BCUT2D eigenvalue weighted by molar-refractivity contribution is 0.341. The molecule has 0 radical (unpaired) electrons. The molecule has 0 atom stereocenters. The van der Waals surface area contributed by atoms with Crippen LogP contribution in [0, 0.1) is 0 Å². The van der Waals surface area contributed by atoms with Crippen LogP contribution in [0.25, 0.3) is 0 Å². The van der Waals surface area contributed by atoms with Crippen molar-refractivity contribution in [1.82, 2.24) is 15.0 Å². The number of aromatic nitrogens is 3. The zero-order valence-electron chi connectivity index (χ0n) is 9.07. The van der Waals surface area contributed by atoms with E-state index in [9.17, 15) is 0 Å². The minimum Gasteiger partial charge on any atom is -0.467 e. The Morgan fingerprint density at radius 2 is 1.73 bits per heavy atom. The monoisotopic (exact) mass is 210 g/mol. The highest BCUT2D eigenvalue weighted by atomic mass is 16.5. The number of methoxy groups -OCH3 is 2. The van der Waals surface area contributed by atoms with Gasteiger partial charge in [-0.25, -0.2) is 0 Å². The third-order valence-corrected chi connectivity index (χ3v) is 1.51. The lowest BCUT2D eigenvalue weighted by Crippen LogP contribution is -2.08. The lowest BCUT2D eigenvalue weighted by Gasteiger charge is -2.06. The van der Waals surface area contributed by atoms with Gasteiger partial charge in [-0.2, -0.15) is 9.97 Å². The van der Waals surface area contributed by atoms with E-state index in [1.165, 1.54) is 14.2 Å². The van der Waals surface area contributed by atoms with Crippen LogP contribution in [0.2, 0.25) is 0 Å². The molecule has 0 unspecified atom stereocenters. The largest absolute Gasteiger partial charge is 0.467 e. The SMILES string of the molecule is C=C(C)CNc1nc(OC)nc(OC)n1. The first-order valence-corrected chi connectivity index (χ1v) is 4.38. The van der Waals surface area contributed by atoms with Crippen LogP contribution in [0.4, 0.5) is 5.95 Å². The van der Waals surface area contributed by atoms with Gasteiger partial charge in [-0.1, -0.05) is 12.2 Å². The summed E-state index contributed by atoms with van der Waals surface area (Å²) in [7, 11) is 2.97. The molecular formula is C9H14N4O2. The van der Waals surface area contributed by atoms with Gasteiger partial charge in [0.15, 0.2) is 0 Å². The van der Waals surface area contributed by atoms with E-state index in [-0.39, 0.29) is 12.0 Å². The summed E-state index contributed by atoms with van der Waals surface area (Å²) in [5, 5.41) is 2.97. The standard InChI is InChI=1S/C9H14N4O2/c1-6(2)5-10-7-11-8(14-3)13-9(12-7)15-4/h1,5H2,2-4H3,(H,10,11,12,13). The Balaban J connectivity index is 2.81. The van der Waals surface area contributed by atoms with Crippen LogP contribution in [0.15, 0.2) is 12.2 Å². The summed E-state index contributed by atoms with van der Waals surface area (Å²) >= 11 is 0. The average molecular weight is 210 g/mol. The summed E-state index contributed by atoms with van der Waals surface area (Å²) in [6.45, 7) is 6.26. The van der Waals surface area contributed by atoms with E-state index in [4.69, 9.17) is 9.47 Å². The maximum atomic E-state index is 4.90. The Morgan fingerprint density at radius 1 is 1.20 bits per heavy atom. The van der Waals surface area contributed by atoms with Crippen molar-refractivity contribution in [2.75, 3.05) is 26.1 Å². The Labute approximate surface area is 88.4 Å². The molecule has 1 N–H and O–H groups in total. The maximum absolute atomic E-state index is 4.90. The predicted octanol–water partition coefficient (Wildman–Crippen LogP) is 0.877. The van der Waals surface area contributed by atoms with Crippen molar-refractivity contribution >= 4 is 5.95 Å². The van der Waals surface area contributed by atoms with E-state index >= 15 is 0 Å². The second-order valence-corrected chi connectivity index (χ2v) is 2.94. The van der Waals surface area contributed by atoms with Gasteiger partial charge in [0.1, 0.15) is 0 Å². The highest BCUT2D eigenvalue weighted by Crippen LogP contribution is 2.11. The Bertz CT molecular complexity index is 332. The molecule has 1 aromatic rings. The Morgan fingerprint density at radius 3 is 2.13 bits per heavy atom. The molecule has 0 aliphatic carbocycles. The maximum Gasteiger partial charge on any atom is 0.324 e. The topological polar surface area (TPSA) is 69.2 Å². The van der Waals surface area contributed by atoms with Gasteiger partial charge in [-0.3, -0.25) is 0 Å². The number of rotatable bonds is 5. The summed E-state index contributed by atoms with van der Waals surface area (Å²) in [4.78, 5) is 11.9. The number of nitrogens with zero attached hydrogens (tertiary/aromatic N) is 3. The lowest BCUT2D eigenvalue weighted by atomic mass is 10.3. The summed E-state index contributed by atoms with van der Waals surface area (Å²) < 4.78 is 9.80. The third-order valence-electron chi connectivity index (χ3n) is 1.51. The van der Waals surface area contributed by atoms with Crippen LogP contribution in [0.5, 0.6) is 12.0 Å². The molecule has 0 saturated carbocycles. The highest BCUT2D eigenvalue weighted by Gasteiger charge is 2.05. The van der Waals surface area contributed by atoms with E-state index < -0.39 is 0 Å². The van der Waals surface area contributed by atoms with Gasteiger partial charge in [-0.15, -0.1) is 4.98 Å². The normalized spacial score (nSPS) is 9.53. The number of ether oxygens (including phenoxy) is 2. The van der Waals surface area contributed by atoms with Crippen molar-refractivity contribution in [3.63, 3.8) is 0 Å². The molecule has 0 fully saturated rings. The first-order chi connectivity index (χ1) is 7.15. The number of anilines is 1. The van der Waals surface area contributed by atoms with Crippen LogP contribution in [0.1, 0.15) is 6.92 Å². The Kier molecular flexibility index (Phi) is 3.84. The number of hydrogen-bond acceptors (Lipinski definition) is 6. The van der Waals surface area contributed by atoms with Gasteiger partial charge in [0, 0.05) is 6.54 Å². The van der Waals surface area contributed by atoms with Gasteiger partial charge in [0.05, 0.1) is 14.2 Å². The van der Waals surface area contributed by atoms with Gasteiger partial charge < -0.3 is 14.8 Å². The molecule has 0 saturated heterocycles. The molecule has 6 nitrogen and oxygen atoms in total. The van der Waals surface area contributed by atoms with Crippen molar-refractivity contribution in [3.05, 3.63) is 12.2 Å². The minimum absolute atomic E-state index is 0.214. The molecule has 15 heavy (non-hydrogen) atoms. The van der Waals surface area contributed by atoms with Gasteiger partial charge in [0.2, 0.25) is 5.95 Å². The quantitative estimate of drug-likeness (QED) is 0.727. The molecule has 0 spiro atoms. The molecule has 82 valence electrons. The second kappa shape index (κ2) is 5.14. The Hall–Kier alpha value is -1.85. The molecule has 1 heterocycles. The van der Waals surface area contributed by atoms with Crippen molar-refractivity contribution in [2.45, 2.75) is 6.92 Å². The molecule has 0 aliphatic heterocycles. The van der Waals surface area contributed by atoms with Gasteiger partial charge in [-0.05, 0) is 6.92 Å². The van der Waals surface area contributed by atoms with Crippen molar-refractivity contribution in [2.24, 2.45) is 0 Å². The minimum atomic E-state index is 0.214. The summed E-state index contributed by atoms with van der Waals surface area (Å²) in [5.74, 6) is 0.404. The van der Waals surface area contributed by atoms with E-state index in [2.05, 4.69) is 26.8 Å². The second-order valence-electron chi connectivity index (χ2n) is 2.94. The van der Waals surface area contributed by atoms with Crippen LogP contribution in [-0.4, -0.2) is 35.7 Å². The fraction of sp³-hybridized carbons (Fsp3) is 0.444. The van der Waals surface area contributed by atoms with E-state index in [0.717, 1.165) is 5.57 Å². The molecular weight excluding hydrogens is 196 g/mol. The van der Waals surface area contributed by atoms with Gasteiger partial charge >= 0.3 is 12.0 Å². The van der Waals surface area contributed by atoms with Crippen LogP contribution < -0.4 is 14.8 Å². The van der Waals surface area contributed by atoms with E-state index in [1.807, 2.05) is 6.92 Å². The number of hydrogen-bond donors (Lipinski definition) is 1. The van der Waals surface area contributed by atoms with Crippen LogP contribution in [-0.2, 0) is 0 Å². The average Bonchev–Trinajstić information content (AvgIpc) is 2.25. The zero-order chi connectivity index (χ0) is 11.3. The zero-order valence-corrected chi connectivity index (χ0v) is 9.07. The molecule has 6 heteroatoms. The molecule has 0 bridgehead atoms. The molecule has 1 aromatic heterocycles. The fourth-order valence-electron chi connectivity index (χ4n) is 0.830. The van der Waals surface area contributed by atoms with Crippen molar-refractivity contribution < 1.29 is 9.47 Å². The van der Waals surface area contributed by atoms with Crippen molar-refractivity contribution in [1.29, 1.82) is 0 Å². The van der Waals surface area contributed by atoms with Crippen LogP contribution in [0.3, 0.4) is 0 Å². The molecule has 0 aromatic carbocycles. The first kappa shape index (κ1) is 11.2. The third kappa shape index (κ3) is 3.41. The highest BCUT2D eigenvalue weighted by molar-refractivity contribution is 5.29. The number of nitrogens with one attached hydrogen (secondary N) is 1. The molecule has 0 aliphatic rings. The first-order valence-electron chi connectivity index (χ1n) is 4.38. The van der Waals surface area contributed by atoms with E-state index in [0.29, 0.717) is 12.5 Å². The predicted molar refractivity (Wildman–Crippen MR) is 56.2 cm³/mol. The smallest absolute Gasteiger partial charge is 0.324 e. The van der Waals surface area contributed by atoms with Gasteiger partial charge in [0.25, 0.3) is 0 Å². The fourth-order valence-corrected chi connectivity index (χ4v) is 0.830. The summed E-state index contributed by atoms with van der Waals surface area (Å²) in [6.07, 6.45) is 0. The summed E-state index contributed by atoms with van der Waals surface area (Å²) in [5.41, 5.74) is 0.980. The van der Waals surface area contributed by atoms with Crippen molar-refractivity contribution in [3.8, 4) is 12.0 Å². The van der Waals surface area contributed by atoms with Crippen LogP contribution >= 0.6 is 0 Å². The molecule has 1 rings (SSSR count). The summed E-state index contributed by atoms with van der Waals surface area (Å²) in [6, 6.07) is 0.428.